The molecule has 0 radical (unpaired) electrons. The SMILES string of the molecule is C=CC[C@]1(C)C(=O)O[C@@H]2O[C@]3(C)CCC4[C@H](C)CCC1[C@]42OO3. The minimum atomic E-state index is -0.829. The normalized spacial score (nSPS) is 54.8. The van der Waals surface area contributed by atoms with Crippen molar-refractivity contribution in [1.82, 2.24) is 0 Å². The van der Waals surface area contributed by atoms with Gasteiger partial charge in [-0.1, -0.05) is 13.0 Å². The minimum Gasteiger partial charge on any atom is -0.432 e. The largest absolute Gasteiger partial charge is 0.432 e. The van der Waals surface area contributed by atoms with Crippen molar-refractivity contribution in [1.29, 1.82) is 0 Å². The first-order valence-corrected chi connectivity index (χ1v) is 8.72. The number of allylic oxidation sites excluding steroid dienone is 1. The topological polar surface area (TPSA) is 54.0 Å². The summed E-state index contributed by atoms with van der Waals surface area (Å²) in [5.74, 6) is -0.252. The van der Waals surface area contributed by atoms with Crippen LogP contribution < -0.4 is 0 Å². The molecule has 0 amide bonds. The van der Waals surface area contributed by atoms with Gasteiger partial charge in [-0.25, -0.2) is 9.78 Å². The number of rotatable bonds is 2. The van der Waals surface area contributed by atoms with Gasteiger partial charge in [0.15, 0.2) is 5.60 Å². The Morgan fingerprint density at radius 2 is 2.04 bits per heavy atom. The molecule has 5 rings (SSSR count). The molecular weight excluding hydrogens is 296 g/mol. The van der Waals surface area contributed by atoms with Crippen LogP contribution in [0.25, 0.3) is 0 Å². The Bertz CT molecular complexity index is 548. The Labute approximate surface area is 137 Å². The Hall–Kier alpha value is -0.910. The molecule has 0 aromatic heterocycles. The molecular formula is C18H26O5. The van der Waals surface area contributed by atoms with E-state index in [0.717, 1.165) is 25.7 Å². The maximum Gasteiger partial charge on any atom is 0.314 e. The van der Waals surface area contributed by atoms with Gasteiger partial charge in [0, 0.05) is 18.3 Å². The highest BCUT2D eigenvalue weighted by Crippen LogP contribution is 2.63. The van der Waals surface area contributed by atoms with Gasteiger partial charge in [-0.05, 0) is 45.4 Å². The molecule has 0 N–H and O–H groups in total. The molecule has 128 valence electrons. The van der Waals surface area contributed by atoms with Gasteiger partial charge in [0.25, 0.3) is 0 Å². The summed E-state index contributed by atoms with van der Waals surface area (Å²) in [5.41, 5.74) is -1.33. The van der Waals surface area contributed by atoms with E-state index >= 15 is 0 Å². The smallest absolute Gasteiger partial charge is 0.314 e. The molecule has 4 heterocycles. The van der Waals surface area contributed by atoms with E-state index in [1.807, 2.05) is 13.8 Å². The third kappa shape index (κ3) is 1.87. The van der Waals surface area contributed by atoms with Crippen molar-refractivity contribution in [2.24, 2.45) is 23.2 Å². The van der Waals surface area contributed by atoms with E-state index in [0.29, 0.717) is 12.3 Å². The van der Waals surface area contributed by atoms with Crippen molar-refractivity contribution in [2.45, 2.75) is 70.6 Å². The molecule has 0 aromatic rings. The van der Waals surface area contributed by atoms with Gasteiger partial charge in [-0.15, -0.1) is 6.58 Å². The quantitative estimate of drug-likeness (QED) is 0.443. The average Bonchev–Trinajstić information content (AvgIpc) is 2.72. The Balaban J connectivity index is 1.85. The minimum absolute atomic E-state index is 0.0168. The van der Waals surface area contributed by atoms with Crippen molar-refractivity contribution in [3.63, 3.8) is 0 Å². The van der Waals surface area contributed by atoms with Crippen LogP contribution in [0.1, 0.15) is 52.9 Å². The van der Waals surface area contributed by atoms with Crippen LogP contribution in [0.5, 0.6) is 0 Å². The van der Waals surface area contributed by atoms with E-state index in [2.05, 4.69) is 13.5 Å². The van der Waals surface area contributed by atoms with Crippen LogP contribution in [0, 0.1) is 23.2 Å². The molecule has 4 saturated heterocycles. The van der Waals surface area contributed by atoms with E-state index in [-0.39, 0.29) is 17.8 Å². The first kappa shape index (κ1) is 15.6. The van der Waals surface area contributed by atoms with Crippen LogP contribution in [0.4, 0.5) is 0 Å². The molecule has 0 aromatic carbocycles. The van der Waals surface area contributed by atoms with Gasteiger partial charge < -0.3 is 9.47 Å². The zero-order valence-corrected chi connectivity index (χ0v) is 14.2. The maximum absolute atomic E-state index is 12.8. The fraction of sp³-hybridized carbons (Fsp3) is 0.833. The number of carbonyl (C=O) groups excluding carboxylic acids is 1. The first-order chi connectivity index (χ1) is 10.9. The fourth-order valence-electron chi connectivity index (χ4n) is 5.42. The van der Waals surface area contributed by atoms with Crippen molar-refractivity contribution in [2.75, 3.05) is 0 Å². The van der Waals surface area contributed by atoms with Crippen LogP contribution in [-0.4, -0.2) is 23.6 Å². The number of ether oxygens (including phenoxy) is 2. The third-order valence-corrected chi connectivity index (χ3v) is 6.74. The fourth-order valence-corrected chi connectivity index (χ4v) is 5.42. The molecule has 5 nitrogen and oxygen atoms in total. The lowest BCUT2D eigenvalue weighted by Crippen LogP contribution is -2.72. The molecule has 1 aliphatic carbocycles. The molecule has 5 heteroatoms. The van der Waals surface area contributed by atoms with Crippen LogP contribution >= 0.6 is 0 Å². The molecule has 2 unspecified atom stereocenters. The molecule has 2 bridgehead atoms. The zero-order valence-electron chi connectivity index (χ0n) is 14.2. The van der Waals surface area contributed by atoms with E-state index in [9.17, 15) is 4.79 Å². The lowest BCUT2D eigenvalue weighted by Gasteiger charge is -2.60. The van der Waals surface area contributed by atoms with Crippen molar-refractivity contribution in [3.05, 3.63) is 12.7 Å². The Morgan fingerprint density at radius 1 is 1.26 bits per heavy atom. The predicted molar refractivity (Wildman–Crippen MR) is 81.8 cm³/mol. The van der Waals surface area contributed by atoms with Crippen molar-refractivity contribution >= 4 is 5.97 Å². The van der Waals surface area contributed by atoms with Gasteiger partial charge in [0.2, 0.25) is 12.1 Å². The standard InChI is InChI=1S/C18H26O5/c1-5-9-16(3)13-7-6-11(2)12-8-10-17(4)21-15(20-14(16)19)18(12,13)23-22-17/h5,11-13,15H,1,6-10H2,2-4H3/t11-,12?,13?,15-,16+,17+,18-/m1/s1. The lowest BCUT2D eigenvalue weighted by atomic mass is 9.53. The van der Waals surface area contributed by atoms with Crippen molar-refractivity contribution < 1.29 is 24.0 Å². The Morgan fingerprint density at radius 3 is 2.78 bits per heavy atom. The number of fused-ring (bicyclic) bond motifs is 2. The zero-order chi connectivity index (χ0) is 16.5. The monoisotopic (exact) mass is 322 g/mol. The molecule has 4 aliphatic heterocycles. The van der Waals surface area contributed by atoms with E-state index < -0.39 is 23.1 Å². The predicted octanol–water partition coefficient (Wildman–Crippen LogP) is 3.34. The first-order valence-electron chi connectivity index (χ1n) is 8.72. The van der Waals surface area contributed by atoms with Gasteiger partial charge >= 0.3 is 5.97 Å². The molecule has 1 spiro atoms. The van der Waals surface area contributed by atoms with Gasteiger partial charge in [0.1, 0.15) is 0 Å². The summed E-state index contributed by atoms with van der Waals surface area (Å²) in [7, 11) is 0. The van der Waals surface area contributed by atoms with E-state index in [1.54, 1.807) is 6.08 Å². The maximum atomic E-state index is 12.8. The second kappa shape index (κ2) is 4.80. The number of esters is 1. The van der Waals surface area contributed by atoms with Crippen LogP contribution in [0.3, 0.4) is 0 Å². The highest BCUT2D eigenvalue weighted by molar-refractivity contribution is 5.78. The second-order valence-electron chi connectivity index (χ2n) is 8.17. The summed E-state index contributed by atoms with van der Waals surface area (Å²) in [4.78, 5) is 24.6. The van der Waals surface area contributed by atoms with E-state index in [1.165, 1.54) is 0 Å². The van der Waals surface area contributed by atoms with Gasteiger partial charge in [-0.2, -0.15) is 0 Å². The molecule has 7 atom stereocenters. The number of carbonyl (C=O) groups is 1. The summed E-state index contributed by atoms with van der Waals surface area (Å²) < 4.78 is 11.9. The van der Waals surface area contributed by atoms with Crippen LogP contribution in [0.15, 0.2) is 12.7 Å². The van der Waals surface area contributed by atoms with Gasteiger partial charge in [-0.3, -0.25) is 4.79 Å². The highest BCUT2D eigenvalue weighted by Gasteiger charge is 2.73. The molecule has 23 heavy (non-hydrogen) atoms. The molecule has 1 saturated carbocycles. The lowest BCUT2D eigenvalue weighted by molar-refractivity contribution is -0.562. The average molecular weight is 322 g/mol. The summed E-state index contributed by atoms with van der Waals surface area (Å²) >= 11 is 0. The molecule has 5 fully saturated rings. The highest BCUT2D eigenvalue weighted by atomic mass is 17.3. The van der Waals surface area contributed by atoms with E-state index in [4.69, 9.17) is 19.2 Å². The molecule has 5 aliphatic rings. The van der Waals surface area contributed by atoms with Crippen LogP contribution in [0.2, 0.25) is 0 Å². The number of hydrogen-bond acceptors (Lipinski definition) is 5. The van der Waals surface area contributed by atoms with Crippen LogP contribution in [-0.2, 0) is 24.0 Å². The van der Waals surface area contributed by atoms with Gasteiger partial charge in [0.05, 0.1) is 5.41 Å². The second-order valence-corrected chi connectivity index (χ2v) is 8.17. The summed E-state index contributed by atoms with van der Waals surface area (Å²) in [6, 6.07) is 0. The number of hydrogen-bond donors (Lipinski definition) is 0. The Kier molecular flexibility index (Phi) is 3.26. The summed E-state index contributed by atoms with van der Waals surface area (Å²) in [6.07, 6.45) is 5.42. The third-order valence-electron chi connectivity index (χ3n) is 6.74. The summed E-state index contributed by atoms with van der Waals surface area (Å²) in [6.45, 7) is 9.94. The summed E-state index contributed by atoms with van der Waals surface area (Å²) in [5, 5.41) is 0. The van der Waals surface area contributed by atoms with Crippen molar-refractivity contribution in [3.8, 4) is 0 Å².